The summed E-state index contributed by atoms with van der Waals surface area (Å²) in [6.45, 7) is 3.69. The number of carbonyl (C=O) groups excluding carboxylic acids is 1. The second-order valence-corrected chi connectivity index (χ2v) is 5.73. The molecule has 21 heavy (non-hydrogen) atoms. The van der Waals surface area contributed by atoms with Gasteiger partial charge in [0.05, 0.1) is 0 Å². The first-order valence-electron chi connectivity index (χ1n) is 7.61. The van der Waals surface area contributed by atoms with Crippen LogP contribution in [0.1, 0.15) is 69.6 Å². The Balaban J connectivity index is 1.85. The Morgan fingerprint density at radius 2 is 2.10 bits per heavy atom. The van der Waals surface area contributed by atoms with E-state index in [1.807, 2.05) is 13.8 Å². The van der Waals surface area contributed by atoms with Crippen LogP contribution in [0.5, 0.6) is 0 Å². The van der Waals surface area contributed by atoms with Gasteiger partial charge in [-0.15, -0.1) is 0 Å². The third kappa shape index (κ3) is 4.42. The fraction of sp³-hybridized carbons (Fsp3) is 0.786. The molecule has 1 saturated carbocycles. The second-order valence-electron chi connectivity index (χ2n) is 5.73. The molecule has 2 atom stereocenters. The van der Waals surface area contributed by atoms with Crippen LogP contribution >= 0.6 is 0 Å². The van der Waals surface area contributed by atoms with E-state index in [0.717, 1.165) is 18.7 Å². The Kier molecular flexibility index (Phi) is 5.55. The zero-order chi connectivity index (χ0) is 15.2. The van der Waals surface area contributed by atoms with Crippen LogP contribution in [-0.4, -0.2) is 33.9 Å². The average molecular weight is 296 g/mol. The highest BCUT2D eigenvalue weighted by molar-refractivity contribution is 5.74. The topological polar surface area (TPSA) is 100 Å². The first-order chi connectivity index (χ1) is 10.1. The van der Waals surface area contributed by atoms with E-state index in [1.165, 1.54) is 12.8 Å². The van der Waals surface area contributed by atoms with Gasteiger partial charge in [0.15, 0.2) is 5.82 Å². The number of aliphatic hydroxyl groups is 1. The summed E-state index contributed by atoms with van der Waals surface area (Å²) in [7, 11) is 0. The molecule has 2 amide bonds. The van der Waals surface area contributed by atoms with Crippen LogP contribution in [0.25, 0.3) is 0 Å². The van der Waals surface area contributed by atoms with Crippen LogP contribution in [0.2, 0.25) is 0 Å². The Labute approximate surface area is 124 Å². The Bertz CT molecular complexity index is 457. The van der Waals surface area contributed by atoms with E-state index in [0.29, 0.717) is 18.2 Å². The van der Waals surface area contributed by atoms with Crippen molar-refractivity contribution in [1.29, 1.82) is 0 Å². The maximum absolute atomic E-state index is 11.8. The predicted octanol–water partition coefficient (Wildman–Crippen LogP) is 1.86. The molecular weight excluding hydrogens is 272 g/mol. The Hall–Kier alpha value is -1.63. The van der Waals surface area contributed by atoms with E-state index < -0.39 is 0 Å². The first kappa shape index (κ1) is 15.8. The average Bonchev–Trinajstić information content (AvgIpc) is 3.10. The molecule has 1 heterocycles. The van der Waals surface area contributed by atoms with Crippen molar-refractivity contribution in [2.24, 2.45) is 0 Å². The third-order valence-electron chi connectivity index (χ3n) is 3.84. The minimum absolute atomic E-state index is 0.0470. The molecule has 7 heteroatoms. The molecule has 1 aromatic heterocycles. The maximum Gasteiger partial charge on any atom is 0.315 e. The number of nitrogens with zero attached hydrogens (tertiary/aromatic N) is 2. The number of carbonyl (C=O) groups is 1. The number of urea groups is 1. The number of hydrogen-bond donors (Lipinski definition) is 3. The molecule has 2 rings (SSSR count). The summed E-state index contributed by atoms with van der Waals surface area (Å²) in [5, 5.41) is 18.3. The Morgan fingerprint density at radius 3 is 2.76 bits per heavy atom. The van der Waals surface area contributed by atoms with Gasteiger partial charge in [-0.05, 0) is 33.1 Å². The van der Waals surface area contributed by atoms with Crippen molar-refractivity contribution in [3.8, 4) is 0 Å². The lowest BCUT2D eigenvalue weighted by atomic mass is 10.1. The largest absolute Gasteiger partial charge is 0.396 e. The highest BCUT2D eigenvalue weighted by atomic mass is 16.5. The quantitative estimate of drug-likeness (QED) is 0.744. The zero-order valence-electron chi connectivity index (χ0n) is 12.6. The third-order valence-corrected chi connectivity index (χ3v) is 3.84. The number of nitrogens with one attached hydrogen (secondary N) is 2. The van der Waals surface area contributed by atoms with Gasteiger partial charge < -0.3 is 20.3 Å². The minimum Gasteiger partial charge on any atom is -0.396 e. The van der Waals surface area contributed by atoms with Gasteiger partial charge in [0, 0.05) is 18.6 Å². The SMILES string of the molecule is CC(NC(=O)N[C@H](C)CCO)c1nc(C2CCCC2)no1. The number of aliphatic hydroxyl groups excluding tert-OH is 1. The van der Waals surface area contributed by atoms with Crippen molar-refractivity contribution in [3.05, 3.63) is 11.7 Å². The van der Waals surface area contributed by atoms with Crippen LogP contribution < -0.4 is 10.6 Å². The highest BCUT2D eigenvalue weighted by Gasteiger charge is 2.24. The highest BCUT2D eigenvalue weighted by Crippen LogP contribution is 2.32. The van der Waals surface area contributed by atoms with E-state index in [2.05, 4.69) is 20.8 Å². The summed E-state index contributed by atoms with van der Waals surface area (Å²) < 4.78 is 5.25. The van der Waals surface area contributed by atoms with Gasteiger partial charge in [0.1, 0.15) is 6.04 Å². The van der Waals surface area contributed by atoms with E-state index in [1.54, 1.807) is 0 Å². The lowest BCUT2D eigenvalue weighted by molar-refractivity contribution is 0.225. The molecule has 1 unspecified atom stereocenters. The van der Waals surface area contributed by atoms with Gasteiger partial charge in [0.2, 0.25) is 5.89 Å². The summed E-state index contributed by atoms with van der Waals surface area (Å²) in [5.74, 6) is 1.58. The maximum atomic E-state index is 11.8. The van der Waals surface area contributed by atoms with Crippen molar-refractivity contribution in [3.63, 3.8) is 0 Å². The molecule has 0 saturated heterocycles. The van der Waals surface area contributed by atoms with Crippen LogP contribution in [-0.2, 0) is 0 Å². The van der Waals surface area contributed by atoms with Crippen molar-refractivity contribution < 1.29 is 14.4 Å². The molecule has 7 nitrogen and oxygen atoms in total. The van der Waals surface area contributed by atoms with Gasteiger partial charge in [0.25, 0.3) is 0 Å². The van der Waals surface area contributed by atoms with Crippen molar-refractivity contribution in [2.75, 3.05) is 6.61 Å². The second kappa shape index (κ2) is 7.40. The molecule has 0 aromatic carbocycles. The monoisotopic (exact) mass is 296 g/mol. The summed E-state index contributed by atoms with van der Waals surface area (Å²) in [6, 6.07) is -0.725. The van der Waals surface area contributed by atoms with Gasteiger partial charge in [-0.25, -0.2) is 4.79 Å². The molecule has 3 N–H and O–H groups in total. The number of aromatic nitrogens is 2. The molecule has 118 valence electrons. The predicted molar refractivity (Wildman–Crippen MR) is 76.8 cm³/mol. The molecule has 1 fully saturated rings. The Morgan fingerprint density at radius 1 is 1.38 bits per heavy atom. The van der Waals surface area contributed by atoms with Crippen molar-refractivity contribution in [2.45, 2.75) is 64.0 Å². The van der Waals surface area contributed by atoms with E-state index in [9.17, 15) is 4.79 Å². The fourth-order valence-electron chi connectivity index (χ4n) is 2.56. The van der Waals surface area contributed by atoms with E-state index in [-0.39, 0.29) is 24.7 Å². The van der Waals surface area contributed by atoms with Crippen LogP contribution in [0.15, 0.2) is 4.52 Å². The normalized spacial score (nSPS) is 18.4. The molecular formula is C14H24N4O3. The van der Waals surface area contributed by atoms with Crippen LogP contribution in [0.4, 0.5) is 4.79 Å². The minimum atomic E-state index is -0.339. The van der Waals surface area contributed by atoms with E-state index >= 15 is 0 Å². The van der Waals surface area contributed by atoms with Gasteiger partial charge in [-0.3, -0.25) is 0 Å². The molecule has 0 radical (unpaired) electrons. The summed E-state index contributed by atoms with van der Waals surface area (Å²) in [6.07, 6.45) is 5.18. The molecule has 1 aliphatic carbocycles. The molecule has 0 aliphatic heterocycles. The summed E-state index contributed by atoms with van der Waals surface area (Å²) >= 11 is 0. The van der Waals surface area contributed by atoms with Gasteiger partial charge in [-0.2, -0.15) is 4.98 Å². The lowest BCUT2D eigenvalue weighted by Gasteiger charge is -2.15. The number of rotatable bonds is 6. The van der Waals surface area contributed by atoms with Gasteiger partial charge in [-0.1, -0.05) is 18.0 Å². The van der Waals surface area contributed by atoms with Crippen molar-refractivity contribution >= 4 is 6.03 Å². The summed E-state index contributed by atoms with van der Waals surface area (Å²) in [5.41, 5.74) is 0. The van der Waals surface area contributed by atoms with Crippen molar-refractivity contribution in [1.82, 2.24) is 20.8 Å². The fourth-order valence-corrected chi connectivity index (χ4v) is 2.56. The number of amides is 2. The van der Waals surface area contributed by atoms with Crippen LogP contribution in [0.3, 0.4) is 0 Å². The molecule has 1 aliphatic rings. The smallest absolute Gasteiger partial charge is 0.315 e. The van der Waals surface area contributed by atoms with Gasteiger partial charge >= 0.3 is 6.03 Å². The lowest BCUT2D eigenvalue weighted by Crippen LogP contribution is -2.42. The zero-order valence-corrected chi connectivity index (χ0v) is 12.6. The molecule has 0 spiro atoms. The standard InChI is InChI=1S/C14H24N4O3/c1-9(7-8-19)15-14(20)16-10(2)13-17-12(18-21-13)11-5-3-4-6-11/h9-11,19H,3-8H2,1-2H3,(H2,15,16,20)/t9-,10?/m1/s1. The first-order valence-corrected chi connectivity index (χ1v) is 7.61. The molecule has 1 aromatic rings. The van der Waals surface area contributed by atoms with Crippen LogP contribution in [0, 0.1) is 0 Å². The number of hydrogen-bond acceptors (Lipinski definition) is 5. The summed E-state index contributed by atoms with van der Waals surface area (Å²) in [4.78, 5) is 16.2. The van der Waals surface area contributed by atoms with E-state index in [4.69, 9.17) is 9.63 Å². The molecule has 0 bridgehead atoms.